The zero-order valence-corrected chi connectivity index (χ0v) is 15.7. The number of aryl methyl sites for hydroxylation is 1. The first-order valence-electron chi connectivity index (χ1n) is 9.56. The van der Waals surface area contributed by atoms with Gasteiger partial charge < -0.3 is 19.5 Å². The van der Waals surface area contributed by atoms with Gasteiger partial charge in [0.1, 0.15) is 0 Å². The molecule has 26 heavy (non-hydrogen) atoms. The highest BCUT2D eigenvalue weighted by molar-refractivity contribution is 5.36. The Bertz CT molecular complexity index is 760. The van der Waals surface area contributed by atoms with Crippen LogP contribution in [-0.4, -0.2) is 50.7 Å². The van der Waals surface area contributed by atoms with Gasteiger partial charge in [-0.25, -0.2) is 15.0 Å². The first-order valence-corrected chi connectivity index (χ1v) is 9.56. The molecule has 0 aromatic carbocycles. The molecule has 2 aromatic heterocycles. The van der Waals surface area contributed by atoms with Crippen molar-refractivity contribution < 1.29 is 4.74 Å². The quantitative estimate of drug-likeness (QED) is 0.855. The fourth-order valence-electron chi connectivity index (χ4n) is 4.05. The van der Waals surface area contributed by atoms with Crippen LogP contribution in [0.15, 0.2) is 18.7 Å². The van der Waals surface area contributed by atoms with Gasteiger partial charge in [0.2, 0.25) is 5.95 Å². The molecule has 1 N–H and O–H groups in total. The summed E-state index contributed by atoms with van der Waals surface area (Å²) in [6.07, 6.45) is 9.21. The van der Waals surface area contributed by atoms with Gasteiger partial charge in [-0.15, -0.1) is 0 Å². The van der Waals surface area contributed by atoms with E-state index in [4.69, 9.17) is 9.72 Å². The Hall–Kier alpha value is -1.99. The lowest BCUT2D eigenvalue weighted by Crippen LogP contribution is -2.40. The molecule has 1 atom stereocenters. The number of nitrogens with zero attached hydrogens (tertiary/aromatic N) is 5. The minimum absolute atomic E-state index is 0.0211. The lowest BCUT2D eigenvalue weighted by atomic mass is 9.80. The number of likely N-dealkylation sites (tertiary alicyclic amines) is 1. The van der Waals surface area contributed by atoms with Crippen molar-refractivity contribution in [2.24, 2.45) is 7.05 Å². The second kappa shape index (κ2) is 7.32. The lowest BCUT2D eigenvalue weighted by Gasteiger charge is -2.34. The van der Waals surface area contributed by atoms with Crippen LogP contribution in [-0.2, 0) is 30.4 Å². The number of fused-ring (bicyclic) bond motifs is 2. The highest BCUT2D eigenvalue weighted by atomic mass is 16.5. The van der Waals surface area contributed by atoms with Gasteiger partial charge in [-0.3, -0.25) is 0 Å². The molecular formula is C19H28N6O. The van der Waals surface area contributed by atoms with Crippen molar-refractivity contribution in [1.82, 2.24) is 24.4 Å². The summed E-state index contributed by atoms with van der Waals surface area (Å²) in [6, 6.07) is 0. The summed E-state index contributed by atoms with van der Waals surface area (Å²) < 4.78 is 7.93. The first kappa shape index (κ1) is 17.4. The molecule has 7 heteroatoms. The molecule has 0 radical (unpaired) electrons. The standard InChI is InChI=1S/C19H28N6O/c1-3-4-6-25-7-5-19(12-25)13-26-11-15-8-21-18(23-17(15)19)22-10-16-9-20-14-24(16)2/h8-9,14H,3-7,10-13H2,1-2H3,(H,21,22,23). The molecule has 1 unspecified atom stereocenters. The third-order valence-corrected chi connectivity index (χ3v) is 5.61. The van der Waals surface area contributed by atoms with E-state index in [1.54, 1.807) is 6.33 Å². The van der Waals surface area contributed by atoms with E-state index in [-0.39, 0.29) is 5.41 Å². The predicted molar refractivity (Wildman–Crippen MR) is 99.9 cm³/mol. The Labute approximate surface area is 154 Å². The number of aromatic nitrogens is 4. The monoisotopic (exact) mass is 356 g/mol. The number of hydrogen-bond donors (Lipinski definition) is 1. The van der Waals surface area contributed by atoms with Crippen molar-refractivity contribution in [1.29, 1.82) is 0 Å². The molecule has 2 aromatic rings. The summed E-state index contributed by atoms with van der Waals surface area (Å²) in [4.78, 5) is 16.1. The molecule has 2 aliphatic rings. The third kappa shape index (κ3) is 3.33. The number of nitrogens with one attached hydrogen (secondary N) is 1. The van der Waals surface area contributed by atoms with Crippen molar-refractivity contribution in [2.45, 2.75) is 44.8 Å². The molecule has 4 rings (SSSR count). The summed E-state index contributed by atoms with van der Waals surface area (Å²) in [6.45, 7) is 7.64. The highest BCUT2D eigenvalue weighted by Crippen LogP contribution is 2.39. The molecule has 140 valence electrons. The van der Waals surface area contributed by atoms with Gasteiger partial charge in [0.15, 0.2) is 0 Å². The second-order valence-electron chi connectivity index (χ2n) is 7.57. The van der Waals surface area contributed by atoms with E-state index < -0.39 is 0 Å². The van der Waals surface area contributed by atoms with Gasteiger partial charge in [0.25, 0.3) is 0 Å². The SMILES string of the molecule is CCCCN1CCC2(COCc3cnc(NCc4cncn4C)nc32)C1. The van der Waals surface area contributed by atoms with Crippen LogP contribution in [0.4, 0.5) is 5.95 Å². The van der Waals surface area contributed by atoms with Gasteiger partial charge in [-0.2, -0.15) is 0 Å². The average Bonchev–Trinajstić information content (AvgIpc) is 3.25. The summed E-state index contributed by atoms with van der Waals surface area (Å²) in [5, 5.41) is 3.35. The lowest BCUT2D eigenvalue weighted by molar-refractivity contribution is 0.0506. The van der Waals surface area contributed by atoms with Crippen LogP contribution in [0.1, 0.15) is 43.1 Å². The van der Waals surface area contributed by atoms with Gasteiger partial charge >= 0.3 is 0 Å². The zero-order chi connectivity index (χ0) is 18.0. The number of hydrogen-bond acceptors (Lipinski definition) is 6. The number of rotatable bonds is 6. The van der Waals surface area contributed by atoms with E-state index >= 15 is 0 Å². The van der Waals surface area contributed by atoms with E-state index in [2.05, 4.69) is 27.1 Å². The maximum absolute atomic E-state index is 5.92. The Morgan fingerprint density at radius 1 is 1.35 bits per heavy atom. The van der Waals surface area contributed by atoms with E-state index in [1.165, 1.54) is 25.1 Å². The van der Waals surface area contributed by atoms with Crippen LogP contribution < -0.4 is 5.32 Å². The van der Waals surface area contributed by atoms with Crippen LogP contribution in [0.5, 0.6) is 0 Å². The molecule has 0 amide bonds. The Morgan fingerprint density at radius 3 is 3.08 bits per heavy atom. The number of anilines is 1. The van der Waals surface area contributed by atoms with Crippen LogP contribution in [0.25, 0.3) is 0 Å². The van der Waals surface area contributed by atoms with Gasteiger partial charge in [-0.1, -0.05) is 13.3 Å². The molecule has 2 aliphatic heterocycles. The molecule has 0 saturated carbocycles. The normalized spacial score (nSPS) is 22.7. The number of unbranched alkanes of at least 4 members (excludes halogenated alkanes) is 1. The summed E-state index contributed by atoms with van der Waals surface area (Å²) in [5.41, 5.74) is 3.45. The molecule has 1 saturated heterocycles. The molecule has 0 bridgehead atoms. The fraction of sp³-hybridized carbons (Fsp3) is 0.632. The Balaban J connectivity index is 1.52. The summed E-state index contributed by atoms with van der Waals surface area (Å²) in [7, 11) is 1.99. The largest absolute Gasteiger partial charge is 0.376 e. The van der Waals surface area contributed by atoms with Gasteiger partial charge in [0.05, 0.1) is 42.9 Å². The molecule has 4 heterocycles. The van der Waals surface area contributed by atoms with Gasteiger partial charge in [0, 0.05) is 31.5 Å². The third-order valence-electron chi connectivity index (χ3n) is 5.61. The second-order valence-corrected chi connectivity index (χ2v) is 7.57. The van der Waals surface area contributed by atoms with Crippen LogP contribution in [0, 0.1) is 0 Å². The topological polar surface area (TPSA) is 68.1 Å². The van der Waals surface area contributed by atoms with E-state index in [9.17, 15) is 0 Å². The van der Waals surface area contributed by atoms with Crippen molar-refractivity contribution in [3.05, 3.63) is 35.7 Å². The number of imidazole rings is 1. The zero-order valence-electron chi connectivity index (χ0n) is 15.7. The Kier molecular flexibility index (Phi) is 4.91. The molecule has 1 fully saturated rings. The molecular weight excluding hydrogens is 328 g/mol. The Morgan fingerprint density at radius 2 is 2.27 bits per heavy atom. The minimum atomic E-state index is 0.0211. The summed E-state index contributed by atoms with van der Waals surface area (Å²) >= 11 is 0. The summed E-state index contributed by atoms with van der Waals surface area (Å²) in [5.74, 6) is 0.693. The van der Waals surface area contributed by atoms with Crippen molar-refractivity contribution in [2.75, 3.05) is 31.6 Å². The first-order chi connectivity index (χ1) is 12.7. The molecule has 1 spiro atoms. The van der Waals surface area contributed by atoms with Crippen LogP contribution in [0.3, 0.4) is 0 Å². The molecule has 7 nitrogen and oxygen atoms in total. The maximum Gasteiger partial charge on any atom is 0.223 e. The fourth-order valence-corrected chi connectivity index (χ4v) is 4.05. The number of ether oxygens (including phenoxy) is 1. The van der Waals surface area contributed by atoms with E-state index in [0.717, 1.165) is 37.4 Å². The van der Waals surface area contributed by atoms with Crippen molar-refractivity contribution >= 4 is 5.95 Å². The molecule has 0 aliphatic carbocycles. The van der Waals surface area contributed by atoms with E-state index in [1.807, 2.05) is 24.0 Å². The predicted octanol–water partition coefficient (Wildman–Crippen LogP) is 2.10. The van der Waals surface area contributed by atoms with Crippen LogP contribution in [0.2, 0.25) is 0 Å². The van der Waals surface area contributed by atoms with Crippen molar-refractivity contribution in [3.8, 4) is 0 Å². The van der Waals surface area contributed by atoms with E-state index in [0.29, 0.717) is 19.1 Å². The van der Waals surface area contributed by atoms with Crippen molar-refractivity contribution in [3.63, 3.8) is 0 Å². The maximum atomic E-state index is 5.92. The average molecular weight is 356 g/mol. The highest BCUT2D eigenvalue weighted by Gasteiger charge is 2.44. The van der Waals surface area contributed by atoms with Gasteiger partial charge in [-0.05, 0) is 25.9 Å². The van der Waals surface area contributed by atoms with Crippen LogP contribution >= 0.6 is 0 Å². The minimum Gasteiger partial charge on any atom is -0.376 e. The smallest absolute Gasteiger partial charge is 0.223 e.